The van der Waals surface area contributed by atoms with Crippen molar-refractivity contribution < 1.29 is 13.9 Å². The first-order valence-electron chi connectivity index (χ1n) is 6.26. The summed E-state index contributed by atoms with van der Waals surface area (Å²) in [5, 5.41) is 10.9. The molecule has 1 unspecified atom stereocenters. The van der Waals surface area contributed by atoms with E-state index in [2.05, 4.69) is 0 Å². The summed E-state index contributed by atoms with van der Waals surface area (Å²) in [7, 11) is -1.72. The maximum Gasteiger partial charge on any atom is 0.285 e. The van der Waals surface area contributed by atoms with Crippen molar-refractivity contribution in [1.29, 1.82) is 0 Å². The molecule has 0 saturated heterocycles. The zero-order valence-electron chi connectivity index (χ0n) is 11.3. The molecule has 0 aliphatic carbocycles. The monoisotopic (exact) mass is 323 g/mol. The van der Waals surface area contributed by atoms with Gasteiger partial charge in [-0.15, -0.1) is 11.3 Å². The zero-order valence-corrected chi connectivity index (χ0v) is 12.9. The van der Waals surface area contributed by atoms with Crippen LogP contribution in [0.1, 0.15) is 21.5 Å². The molecule has 1 heterocycles. The molecule has 21 heavy (non-hydrogen) atoms. The number of hydrogen-bond donors (Lipinski definition) is 0. The molecule has 0 N–H and O–H groups in total. The SMILES string of the molecule is CCc1ccc(C(=O)CS(=O)c2ccccc2[N+](=O)[O-])s1. The summed E-state index contributed by atoms with van der Waals surface area (Å²) in [6.07, 6.45) is 0.838. The van der Waals surface area contributed by atoms with Gasteiger partial charge in [-0.1, -0.05) is 19.1 Å². The first-order chi connectivity index (χ1) is 10.0. The molecule has 0 fully saturated rings. The van der Waals surface area contributed by atoms with Gasteiger partial charge in [-0.05, 0) is 24.6 Å². The number of hydrogen-bond acceptors (Lipinski definition) is 5. The van der Waals surface area contributed by atoms with Crippen LogP contribution in [0, 0.1) is 10.1 Å². The van der Waals surface area contributed by atoms with Crippen LogP contribution in [0.25, 0.3) is 0 Å². The van der Waals surface area contributed by atoms with Crippen LogP contribution in [0.4, 0.5) is 5.69 Å². The second kappa shape index (κ2) is 6.73. The fourth-order valence-electron chi connectivity index (χ4n) is 1.79. The van der Waals surface area contributed by atoms with Crippen molar-refractivity contribution in [2.24, 2.45) is 0 Å². The van der Waals surface area contributed by atoms with E-state index in [0.717, 1.165) is 11.3 Å². The van der Waals surface area contributed by atoms with E-state index in [1.165, 1.54) is 29.5 Å². The van der Waals surface area contributed by atoms with E-state index in [9.17, 15) is 19.1 Å². The lowest BCUT2D eigenvalue weighted by Crippen LogP contribution is -2.11. The van der Waals surface area contributed by atoms with Gasteiger partial charge in [0.15, 0.2) is 5.78 Å². The summed E-state index contributed by atoms with van der Waals surface area (Å²) in [6.45, 7) is 1.99. The number of Topliss-reactive ketones (excluding diaryl/α,β-unsaturated/α-hetero) is 1. The highest BCUT2D eigenvalue weighted by Crippen LogP contribution is 2.23. The third-order valence-corrected chi connectivity index (χ3v) is 5.49. The summed E-state index contributed by atoms with van der Waals surface area (Å²) in [5.74, 6) is -0.495. The minimum Gasteiger partial charge on any atom is -0.292 e. The van der Waals surface area contributed by atoms with Gasteiger partial charge < -0.3 is 0 Å². The third-order valence-electron chi connectivity index (χ3n) is 2.85. The Morgan fingerprint density at radius 3 is 2.62 bits per heavy atom. The lowest BCUT2D eigenvalue weighted by Gasteiger charge is -2.02. The van der Waals surface area contributed by atoms with Crippen molar-refractivity contribution in [2.45, 2.75) is 18.2 Å². The van der Waals surface area contributed by atoms with Crippen LogP contribution in [0.3, 0.4) is 0 Å². The molecule has 0 radical (unpaired) electrons. The summed E-state index contributed by atoms with van der Waals surface area (Å²) >= 11 is 1.37. The number of carbonyl (C=O) groups excluding carboxylic acids is 1. The Labute approximate surface area is 128 Å². The summed E-state index contributed by atoms with van der Waals surface area (Å²) in [6, 6.07) is 9.37. The van der Waals surface area contributed by atoms with E-state index in [4.69, 9.17) is 0 Å². The van der Waals surface area contributed by atoms with Crippen molar-refractivity contribution in [3.8, 4) is 0 Å². The van der Waals surface area contributed by atoms with Gasteiger partial charge in [0.25, 0.3) is 5.69 Å². The summed E-state index contributed by atoms with van der Waals surface area (Å²) in [4.78, 5) is 24.1. The molecule has 0 amide bonds. The van der Waals surface area contributed by atoms with Gasteiger partial charge >= 0.3 is 0 Å². The minimum absolute atomic E-state index is 0.0862. The van der Waals surface area contributed by atoms with Crippen LogP contribution < -0.4 is 0 Å². The first kappa shape index (κ1) is 15.5. The highest BCUT2D eigenvalue weighted by molar-refractivity contribution is 7.86. The topological polar surface area (TPSA) is 77.3 Å². The highest BCUT2D eigenvalue weighted by Gasteiger charge is 2.21. The van der Waals surface area contributed by atoms with Gasteiger partial charge in [0, 0.05) is 10.9 Å². The highest BCUT2D eigenvalue weighted by atomic mass is 32.2. The van der Waals surface area contributed by atoms with Gasteiger partial charge in [0.2, 0.25) is 0 Å². The van der Waals surface area contributed by atoms with E-state index in [-0.39, 0.29) is 22.1 Å². The molecule has 2 aromatic rings. The minimum atomic E-state index is -1.72. The van der Waals surface area contributed by atoms with Crippen molar-refractivity contribution >= 4 is 33.6 Å². The molecular formula is C14H13NO4S2. The number of nitro groups is 1. The van der Waals surface area contributed by atoms with Crippen LogP contribution >= 0.6 is 11.3 Å². The number of nitro benzene ring substituents is 1. The lowest BCUT2D eigenvalue weighted by atomic mass is 10.3. The predicted octanol–water partition coefficient (Wildman–Crippen LogP) is 3.21. The second-order valence-corrected chi connectivity index (χ2v) is 6.85. The van der Waals surface area contributed by atoms with E-state index in [0.29, 0.717) is 4.88 Å². The van der Waals surface area contributed by atoms with Crippen LogP contribution in [-0.2, 0) is 17.2 Å². The van der Waals surface area contributed by atoms with Crippen LogP contribution in [0.5, 0.6) is 0 Å². The molecule has 5 nitrogen and oxygen atoms in total. The Hall–Kier alpha value is -1.86. The van der Waals surface area contributed by atoms with Gasteiger partial charge in [0.1, 0.15) is 4.90 Å². The van der Waals surface area contributed by atoms with E-state index >= 15 is 0 Å². The zero-order chi connectivity index (χ0) is 15.4. The molecule has 0 aliphatic heterocycles. The maximum absolute atomic E-state index is 12.2. The number of ketones is 1. The van der Waals surface area contributed by atoms with Gasteiger partial charge in [0.05, 0.1) is 26.4 Å². The number of aryl methyl sites for hydroxylation is 1. The molecule has 0 bridgehead atoms. The van der Waals surface area contributed by atoms with Crippen molar-refractivity contribution in [2.75, 3.05) is 5.75 Å². The van der Waals surface area contributed by atoms with Crippen molar-refractivity contribution in [3.05, 3.63) is 56.3 Å². The van der Waals surface area contributed by atoms with Gasteiger partial charge in [-0.2, -0.15) is 0 Å². The lowest BCUT2D eigenvalue weighted by molar-refractivity contribution is -0.387. The number of nitrogens with zero attached hydrogens (tertiary/aromatic N) is 1. The standard InChI is InChI=1S/C14H13NO4S2/c1-2-10-7-8-13(20-10)12(16)9-21(19)14-6-4-3-5-11(14)15(17)18/h3-8H,2,9H2,1H3. The first-order valence-corrected chi connectivity index (χ1v) is 8.40. The molecule has 110 valence electrons. The maximum atomic E-state index is 12.2. The molecule has 0 aliphatic rings. The van der Waals surface area contributed by atoms with E-state index < -0.39 is 15.7 Å². The number of carbonyl (C=O) groups is 1. The fourth-order valence-corrected chi connectivity index (χ4v) is 3.92. The van der Waals surface area contributed by atoms with E-state index in [1.807, 2.05) is 13.0 Å². The molecule has 0 saturated carbocycles. The number of thiophene rings is 1. The number of benzene rings is 1. The average molecular weight is 323 g/mol. The van der Waals surface area contributed by atoms with E-state index in [1.54, 1.807) is 12.1 Å². The van der Waals surface area contributed by atoms with Crippen LogP contribution in [0.2, 0.25) is 0 Å². The van der Waals surface area contributed by atoms with Crippen LogP contribution in [-0.4, -0.2) is 20.7 Å². The third kappa shape index (κ3) is 3.62. The molecule has 1 atom stereocenters. The predicted molar refractivity (Wildman–Crippen MR) is 82.4 cm³/mol. The Bertz CT molecular complexity index is 709. The van der Waals surface area contributed by atoms with Crippen molar-refractivity contribution in [1.82, 2.24) is 0 Å². The Morgan fingerprint density at radius 1 is 1.29 bits per heavy atom. The summed E-state index contributed by atoms with van der Waals surface area (Å²) in [5.41, 5.74) is -0.218. The number of para-hydroxylation sites is 1. The molecule has 0 spiro atoms. The molecular weight excluding hydrogens is 310 g/mol. The van der Waals surface area contributed by atoms with Crippen molar-refractivity contribution in [3.63, 3.8) is 0 Å². The second-order valence-electron chi connectivity index (χ2n) is 4.26. The fraction of sp³-hybridized carbons (Fsp3) is 0.214. The quantitative estimate of drug-likeness (QED) is 0.464. The Kier molecular flexibility index (Phi) is 4.98. The molecule has 2 rings (SSSR count). The van der Waals surface area contributed by atoms with Gasteiger partial charge in [-0.25, -0.2) is 0 Å². The van der Waals surface area contributed by atoms with Gasteiger partial charge in [-0.3, -0.25) is 19.1 Å². The average Bonchev–Trinajstić information content (AvgIpc) is 2.96. The smallest absolute Gasteiger partial charge is 0.285 e. The molecule has 1 aromatic heterocycles. The number of rotatable bonds is 6. The largest absolute Gasteiger partial charge is 0.292 e. The normalized spacial score (nSPS) is 12.0. The molecule has 1 aromatic carbocycles. The van der Waals surface area contributed by atoms with Crippen LogP contribution in [0.15, 0.2) is 41.3 Å². The summed E-state index contributed by atoms with van der Waals surface area (Å²) < 4.78 is 12.2. The Morgan fingerprint density at radius 2 is 2.00 bits per heavy atom. The Balaban J connectivity index is 2.18. The molecule has 7 heteroatoms.